The molecular weight excluding hydrogens is 353 g/mol. The summed E-state index contributed by atoms with van der Waals surface area (Å²) in [7, 11) is 1.47. The molecule has 0 spiro atoms. The lowest BCUT2D eigenvalue weighted by molar-refractivity contribution is 0.0844. The first-order valence-corrected chi connectivity index (χ1v) is 8.21. The first-order valence-electron chi connectivity index (χ1n) is 8.21. The van der Waals surface area contributed by atoms with Crippen molar-refractivity contribution in [3.8, 4) is 11.5 Å². The summed E-state index contributed by atoms with van der Waals surface area (Å²) in [6, 6.07) is 10.3. The molecule has 0 atom stereocenters. The molecule has 3 N–H and O–H groups in total. The fraction of sp³-hybridized carbons (Fsp3) is 0.158. The summed E-state index contributed by atoms with van der Waals surface area (Å²) in [4.78, 5) is 27.3. The van der Waals surface area contributed by atoms with Crippen molar-refractivity contribution in [3.63, 3.8) is 0 Å². The van der Waals surface area contributed by atoms with Crippen molar-refractivity contribution in [3.05, 3.63) is 59.5 Å². The van der Waals surface area contributed by atoms with E-state index in [0.717, 1.165) is 0 Å². The summed E-state index contributed by atoms with van der Waals surface area (Å²) >= 11 is 0. The number of halogens is 1. The third-order valence-corrected chi connectivity index (χ3v) is 3.84. The number of fused-ring (bicyclic) bond motifs is 1. The van der Waals surface area contributed by atoms with Crippen LogP contribution in [0.25, 0.3) is 10.9 Å². The molecule has 0 aliphatic heterocycles. The Labute approximate surface area is 154 Å². The van der Waals surface area contributed by atoms with E-state index in [4.69, 9.17) is 9.47 Å². The molecule has 0 aliphatic carbocycles. The molecule has 1 heterocycles. The summed E-state index contributed by atoms with van der Waals surface area (Å²) in [5.74, 6) is -0.546. The van der Waals surface area contributed by atoms with Gasteiger partial charge in [0, 0.05) is 16.5 Å². The number of aromatic nitrogens is 1. The molecule has 2 aromatic carbocycles. The van der Waals surface area contributed by atoms with Crippen molar-refractivity contribution in [2.45, 2.75) is 6.92 Å². The van der Waals surface area contributed by atoms with Crippen LogP contribution < -0.4 is 20.3 Å². The zero-order chi connectivity index (χ0) is 19.4. The Hall–Kier alpha value is -3.55. The van der Waals surface area contributed by atoms with E-state index in [1.54, 1.807) is 12.1 Å². The van der Waals surface area contributed by atoms with E-state index in [1.165, 1.54) is 37.4 Å². The topological polar surface area (TPSA) is 92.5 Å². The number of methoxy groups -OCH3 is 1. The number of carbonyl (C=O) groups excluding carboxylic acids is 2. The Morgan fingerprint density at radius 1 is 1.04 bits per heavy atom. The van der Waals surface area contributed by atoms with E-state index in [9.17, 15) is 14.0 Å². The van der Waals surface area contributed by atoms with Gasteiger partial charge in [-0.15, -0.1) is 0 Å². The minimum atomic E-state index is -0.558. The molecule has 0 bridgehead atoms. The third kappa shape index (κ3) is 4.00. The predicted molar refractivity (Wildman–Crippen MR) is 97.4 cm³/mol. The maximum Gasteiger partial charge on any atom is 0.286 e. The van der Waals surface area contributed by atoms with E-state index in [-0.39, 0.29) is 11.3 Å². The summed E-state index contributed by atoms with van der Waals surface area (Å²) in [6.07, 6.45) is 0. The maximum absolute atomic E-state index is 13.2. The second kappa shape index (κ2) is 7.77. The Balaban J connectivity index is 1.68. The number of ether oxygens (including phenoxy) is 2. The number of aromatic amines is 1. The maximum atomic E-state index is 13.2. The molecule has 0 saturated carbocycles. The van der Waals surface area contributed by atoms with Gasteiger partial charge < -0.3 is 14.5 Å². The SMILES string of the molecule is CCOc1ccc(C(=O)NNC(=O)c2cc3cc(F)ccc3[nH]2)cc1OC. The van der Waals surface area contributed by atoms with Gasteiger partial charge in [0.2, 0.25) is 0 Å². The molecule has 140 valence electrons. The van der Waals surface area contributed by atoms with Crippen LogP contribution in [0.5, 0.6) is 11.5 Å². The number of hydrogen-bond acceptors (Lipinski definition) is 4. The number of nitrogens with one attached hydrogen (secondary N) is 3. The lowest BCUT2D eigenvalue weighted by Crippen LogP contribution is -2.41. The van der Waals surface area contributed by atoms with Gasteiger partial charge in [0.1, 0.15) is 11.5 Å². The van der Waals surface area contributed by atoms with E-state index in [2.05, 4.69) is 15.8 Å². The average molecular weight is 371 g/mol. The minimum Gasteiger partial charge on any atom is -0.493 e. The fourth-order valence-electron chi connectivity index (χ4n) is 2.56. The number of hydrogen-bond donors (Lipinski definition) is 3. The van der Waals surface area contributed by atoms with Crippen LogP contribution in [-0.2, 0) is 0 Å². The van der Waals surface area contributed by atoms with Gasteiger partial charge in [-0.2, -0.15) is 0 Å². The first-order chi connectivity index (χ1) is 13.0. The van der Waals surface area contributed by atoms with Crippen LogP contribution in [0.3, 0.4) is 0 Å². The average Bonchev–Trinajstić information content (AvgIpc) is 3.09. The predicted octanol–water partition coefficient (Wildman–Crippen LogP) is 2.79. The first kappa shape index (κ1) is 18.2. The van der Waals surface area contributed by atoms with Crippen molar-refractivity contribution in [2.75, 3.05) is 13.7 Å². The second-order valence-electron chi connectivity index (χ2n) is 5.62. The number of H-pyrrole nitrogens is 1. The number of amides is 2. The highest BCUT2D eigenvalue weighted by Gasteiger charge is 2.14. The van der Waals surface area contributed by atoms with Crippen molar-refractivity contribution >= 4 is 22.7 Å². The molecule has 7 nitrogen and oxygen atoms in total. The summed E-state index contributed by atoms with van der Waals surface area (Å²) in [5.41, 5.74) is 5.74. The summed E-state index contributed by atoms with van der Waals surface area (Å²) in [5, 5.41) is 0.558. The smallest absolute Gasteiger partial charge is 0.286 e. The Kier molecular flexibility index (Phi) is 5.25. The van der Waals surface area contributed by atoms with Crippen molar-refractivity contribution in [1.29, 1.82) is 0 Å². The van der Waals surface area contributed by atoms with E-state index in [0.29, 0.717) is 29.0 Å². The largest absolute Gasteiger partial charge is 0.493 e. The fourth-order valence-corrected chi connectivity index (χ4v) is 2.56. The number of hydrazine groups is 1. The standard InChI is InChI=1S/C19H18FN3O4/c1-3-27-16-7-4-11(10-17(16)26-2)18(24)22-23-19(25)15-9-12-8-13(20)5-6-14(12)21-15/h4-10,21H,3H2,1-2H3,(H,22,24)(H,23,25). The van der Waals surface area contributed by atoms with E-state index < -0.39 is 17.6 Å². The number of benzene rings is 2. The van der Waals surface area contributed by atoms with Crippen LogP contribution in [0.4, 0.5) is 4.39 Å². The van der Waals surface area contributed by atoms with Crippen LogP contribution in [0, 0.1) is 5.82 Å². The Morgan fingerprint density at radius 2 is 1.81 bits per heavy atom. The zero-order valence-corrected chi connectivity index (χ0v) is 14.8. The molecule has 0 fully saturated rings. The van der Waals surface area contributed by atoms with Gasteiger partial charge in [-0.25, -0.2) is 4.39 Å². The quantitative estimate of drug-likeness (QED) is 0.602. The number of carbonyl (C=O) groups is 2. The van der Waals surface area contributed by atoms with E-state index in [1.807, 2.05) is 6.92 Å². The molecule has 1 aromatic heterocycles. The highest BCUT2D eigenvalue weighted by molar-refractivity contribution is 6.01. The van der Waals surface area contributed by atoms with E-state index >= 15 is 0 Å². The molecule has 0 radical (unpaired) electrons. The van der Waals surface area contributed by atoms with Crippen LogP contribution in [0.15, 0.2) is 42.5 Å². The van der Waals surface area contributed by atoms with Crippen LogP contribution in [0.1, 0.15) is 27.8 Å². The molecule has 3 aromatic rings. The van der Waals surface area contributed by atoms with Crippen LogP contribution in [-0.4, -0.2) is 30.5 Å². The molecule has 0 saturated heterocycles. The lowest BCUT2D eigenvalue weighted by atomic mass is 10.2. The van der Waals surface area contributed by atoms with Gasteiger partial charge in [-0.1, -0.05) is 0 Å². The van der Waals surface area contributed by atoms with Crippen molar-refractivity contribution in [1.82, 2.24) is 15.8 Å². The van der Waals surface area contributed by atoms with Gasteiger partial charge >= 0.3 is 0 Å². The highest BCUT2D eigenvalue weighted by Crippen LogP contribution is 2.27. The molecule has 27 heavy (non-hydrogen) atoms. The van der Waals surface area contributed by atoms with Gasteiger partial charge in [0.05, 0.1) is 13.7 Å². The number of rotatable bonds is 5. The second-order valence-corrected chi connectivity index (χ2v) is 5.62. The summed E-state index contributed by atoms with van der Waals surface area (Å²) in [6.45, 7) is 2.31. The molecule has 3 rings (SSSR count). The highest BCUT2D eigenvalue weighted by atomic mass is 19.1. The van der Waals surface area contributed by atoms with Crippen LogP contribution in [0.2, 0.25) is 0 Å². The molecule has 0 aliphatic rings. The molecule has 2 amide bonds. The van der Waals surface area contributed by atoms with Gasteiger partial charge in [-0.3, -0.25) is 20.4 Å². The lowest BCUT2D eigenvalue weighted by Gasteiger charge is -2.11. The summed E-state index contributed by atoms with van der Waals surface area (Å²) < 4.78 is 23.8. The Bertz CT molecular complexity index is 1000. The molecule has 0 unspecified atom stereocenters. The van der Waals surface area contributed by atoms with Gasteiger partial charge in [0.15, 0.2) is 11.5 Å². The molecular formula is C19H18FN3O4. The monoisotopic (exact) mass is 371 g/mol. The van der Waals surface area contributed by atoms with Gasteiger partial charge in [0.25, 0.3) is 11.8 Å². The van der Waals surface area contributed by atoms with Crippen molar-refractivity contribution < 1.29 is 23.5 Å². The zero-order valence-electron chi connectivity index (χ0n) is 14.8. The minimum absolute atomic E-state index is 0.195. The van der Waals surface area contributed by atoms with Crippen molar-refractivity contribution in [2.24, 2.45) is 0 Å². The molecule has 8 heteroatoms. The van der Waals surface area contributed by atoms with Gasteiger partial charge in [-0.05, 0) is 49.4 Å². The normalized spacial score (nSPS) is 10.5. The van der Waals surface area contributed by atoms with Crippen LogP contribution >= 0.6 is 0 Å². The third-order valence-electron chi connectivity index (χ3n) is 3.84. The Morgan fingerprint density at radius 3 is 2.56 bits per heavy atom.